The van der Waals surface area contributed by atoms with Gasteiger partial charge < -0.3 is 58.7 Å². The molecule has 1 aliphatic carbocycles. The van der Waals surface area contributed by atoms with Crippen molar-refractivity contribution >= 4 is 29.4 Å². The molecule has 0 spiro atoms. The van der Waals surface area contributed by atoms with E-state index in [-0.39, 0.29) is 62.3 Å². The third kappa shape index (κ3) is 15.8. The van der Waals surface area contributed by atoms with Crippen LogP contribution < -0.4 is 5.32 Å². The fraction of sp³-hybridized carbons (Fsp3) is 0.784. The third-order valence-electron chi connectivity index (χ3n) is 14.2. The minimum Gasteiger partial charge on any atom is -0.456 e. The Bertz CT molecular complexity index is 1750. The predicted octanol–water partition coefficient (Wildman–Crippen LogP) is 4.18. The molecule has 3 fully saturated rings. The lowest BCUT2D eigenvalue weighted by Crippen LogP contribution is -2.64. The van der Waals surface area contributed by atoms with Gasteiger partial charge in [-0.1, -0.05) is 44.6 Å². The van der Waals surface area contributed by atoms with Crippen molar-refractivity contribution in [1.82, 2.24) is 10.2 Å². The summed E-state index contributed by atoms with van der Waals surface area (Å²) in [5.41, 5.74) is 1.48. The maximum Gasteiger partial charge on any atom is 0.329 e. The van der Waals surface area contributed by atoms with E-state index in [9.17, 15) is 39.3 Å². The second-order valence-corrected chi connectivity index (χ2v) is 19.5. The zero-order chi connectivity index (χ0) is 50.1. The Hall–Kier alpha value is -3.39. The lowest BCUT2D eigenvalue weighted by atomic mass is 9.81. The molecule has 0 aromatic heterocycles. The van der Waals surface area contributed by atoms with Crippen molar-refractivity contribution in [2.24, 2.45) is 29.6 Å². The number of methoxy groups -OCH3 is 3. The van der Waals surface area contributed by atoms with Gasteiger partial charge in [0, 0.05) is 65.2 Å². The molecule has 4 N–H and O–H groups in total. The number of ether oxygens (including phenoxy) is 7. The number of allylic oxidation sites excluding steroid dienone is 4. The summed E-state index contributed by atoms with van der Waals surface area (Å²) in [5.74, 6) is -8.80. The summed E-state index contributed by atoms with van der Waals surface area (Å²) < 4.78 is 40.7. The maximum atomic E-state index is 14.5. The fourth-order valence-electron chi connectivity index (χ4n) is 10.2. The molecule has 1 saturated carbocycles. The summed E-state index contributed by atoms with van der Waals surface area (Å²) in [7, 11) is 4.56. The van der Waals surface area contributed by atoms with Crippen LogP contribution in [0.1, 0.15) is 112 Å². The zero-order valence-corrected chi connectivity index (χ0v) is 42.0. The lowest BCUT2D eigenvalue weighted by Gasteiger charge is -2.47. The number of fused-ring (bicyclic) bond motifs is 3. The van der Waals surface area contributed by atoms with Gasteiger partial charge in [-0.05, 0) is 108 Å². The topological polar surface area (TPSA) is 226 Å². The number of cyclic esters (lactones) is 1. The monoisotopic (exact) mass is 963 g/mol. The quantitative estimate of drug-likeness (QED) is 0.0594. The van der Waals surface area contributed by atoms with Crippen LogP contribution in [0.15, 0.2) is 35.5 Å². The normalized spacial score (nSPS) is 35.6. The van der Waals surface area contributed by atoms with E-state index in [1.807, 2.05) is 32.9 Å². The second kappa shape index (κ2) is 27.9. The number of carbonyl (C=O) groups is 5. The molecule has 3 aliphatic heterocycles. The molecular formula is C51H82N2O15. The van der Waals surface area contributed by atoms with Crippen LogP contribution in [0.25, 0.3) is 0 Å². The molecule has 68 heavy (non-hydrogen) atoms. The van der Waals surface area contributed by atoms with E-state index >= 15 is 0 Å². The molecule has 4 rings (SSSR count). The van der Waals surface area contributed by atoms with Crippen molar-refractivity contribution in [1.29, 1.82) is 0 Å². The van der Waals surface area contributed by atoms with Crippen molar-refractivity contribution in [3.8, 4) is 0 Å². The molecule has 386 valence electrons. The first kappa shape index (κ1) is 57.2. The number of aliphatic hydroxyl groups is 3. The van der Waals surface area contributed by atoms with Gasteiger partial charge in [0.25, 0.3) is 11.7 Å². The van der Waals surface area contributed by atoms with Crippen molar-refractivity contribution in [3.63, 3.8) is 0 Å². The first-order valence-corrected chi connectivity index (χ1v) is 24.8. The van der Waals surface area contributed by atoms with E-state index < -0.39 is 90.0 Å². The summed E-state index contributed by atoms with van der Waals surface area (Å²) in [4.78, 5) is 71.5. The first-order valence-electron chi connectivity index (χ1n) is 24.8. The number of carbonyl (C=O) groups excluding carboxylic acids is 5. The smallest absolute Gasteiger partial charge is 0.329 e. The number of ketones is 2. The van der Waals surface area contributed by atoms with Gasteiger partial charge in [-0.2, -0.15) is 0 Å². The number of amides is 2. The molecular weight excluding hydrogens is 881 g/mol. The van der Waals surface area contributed by atoms with Gasteiger partial charge >= 0.3 is 5.97 Å². The summed E-state index contributed by atoms with van der Waals surface area (Å²) in [6.07, 6.45) is 5.07. The molecule has 0 aromatic carbocycles. The average molecular weight is 963 g/mol. The summed E-state index contributed by atoms with van der Waals surface area (Å²) in [5, 5.41) is 37.4. The van der Waals surface area contributed by atoms with Crippen molar-refractivity contribution in [2.45, 2.75) is 167 Å². The molecule has 2 bridgehead atoms. The maximum absolute atomic E-state index is 14.5. The number of esters is 1. The van der Waals surface area contributed by atoms with Gasteiger partial charge in [0.1, 0.15) is 24.0 Å². The summed E-state index contributed by atoms with van der Waals surface area (Å²) in [6.45, 7) is 13.0. The highest BCUT2D eigenvalue weighted by Gasteiger charge is 2.56. The molecule has 2 amide bonds. The number of aliphatic hydroxyl groups excluding tert-OH is 2. The second-order valence-electron chi connectivity index (χ2n) is 19.5. The SMILES string of the molecule is CCOCCOCCNC(=O)C=CC[C@@H]1C=C(C)C[C@H](C)C[C@H](OC)[C@H]2O[C@@](O)(C(=O)C(=O)N3CCCC[C@H]3C(=O)O[C@H](C(C)=C[C@@H]3CC[C@@H](O)[C@H](OC)C3)[C@H](C)[C@@H](O)CC1=O)[C@H](C)C[C@@H]2OC. The minimum atomic E-state index is -2.55. The molecule has 2 saturated heterocycles. The highest BCUT2D eigenvalue weighted by atomic mass is 16.7. The number of hydrogen-bond donors (Lipinski definition) is 4. The molecule has 0 aromatic rings. The predicted molar refractivity (Wildman–Crippen MR) is 252 cm³/mol. The Balaban J connectivity index is 1.73. The van der Waals surface area contributed by atoms with E-state index in [1.54, 1.807) is 34.0 Å². The Morgan fingerprint density at radius 2 is 1.59 bits per heavy atom. The van der Waals surface area contributed by atoms with E-state index in [1.165, 1.54) is 20.3 Å². The van der Waals surface area contributed by atoms with Crippen LogP contribution in [0.3, 0.4) is 0 Å². The Labute approximate surface area is 403 Å². The molecule has 17 nitrogen and oxygen atoms in total. The fourth-order valence-corrected chi connectivity index (χ4v) is 10.2. The molecule has 17 heteroatoms. The van der Waals surface area contributed by atoms with Crippen LogP contribution in [0.2, 0.25) is 0 Å². The van der Waals surface area contributed by atoms with Crippen LogP contribution >= 0.6 is 0 Å². The van der Waals surface area contributed by atoms with E-state index in [0.717, 1.165) is 10.5 Å². The van der Waals surface area contributed by atoms with Crippen molar-refractivity contribution < 1.29 is 72.5 Å². The van der Waals surface area contributed by atoms with Gasteiger partial charge in [0.2, 0.25) is 11.7 Å². The van der Waals surface area contributed by atoms with E-state index in [2.05, 4.69) is 5.32 Å². The van der Waals surface area contributed by atoms with Gasteiger partial charge in [-0.15, -0.1) is 0 Å². The number of Topliss-reactive ketones (excluding diaryl/α,β-unsaturated/α-hetero) is 2. The number of piperidine rings is 1. The highest BCUT2D eigenvalue weighted by Crippen LogP contribution is 2.39. The number of nitrogens with zero attached hydrogens (tertiary/aromatic N) is 1. The Kier molecular flexibility index (Phi) is 23.4. The first-order chi connectivity index (χ1) is 32.4. The Morgan fingerprint density at radius 1 is 0.897 bits per heavy atom. The lowest BCUT2D eigenvalue weighted by molar-refractivity contribution is -0.302. The van der Waals surface area contributed by atoms with Gasteiger partial charge in [0.05, 0.1) is 50.3 Å². The van der Waals surface area contributed by atoms with Crippen LogP contribution in [0.5, 0.6) is 0 Å². The highest BCUT2D eigenvalue weighted by molar-refractivity contribution is 6.39. The van der Waals surface area contributed by atoms with Crippen molar-refractivity contribution in [2.75, 3.05) is 60.8 Å². The standard InChI is InChI=1S/C51H82N2O15/c1-10-65-22-23-66-21-19-52-45(57)16-13-14-37-25-31(2)24-32(3)26-43(63-8)47-44(64-9)28-34(5)51(61,68-47)48(58)49(59)53-20-12-11-15-38(53)50(60)67-46(35(6)40(55)30-41(37)56)33(4)27-36-17-18-39(54)42(29-36)62-7/h13,16,25,27,32,34-40,42-44,46-47,54-55,61H,10-12,14-15,17-24,26,28-30H2,1-9H3,(H,52,57)/t32-,34+,35+,36-,37+,38-,39+,40-,42+,43-,44-,46+,47+,51+/m0/s1. The summed E-state index contributed by atoms with van der Waals surface area (Å²) in [6, 6.07) is -1.19. The molecule has 0 unspecified atom stereocenters. The number of nitrogens with one attached hydrogen (secondary N) is 1. The van der Waals surface area contributed by atoms with Crippen LogP contribution in [0, 0.1) is 29.6 Å². The molecule has 14 atom stereocenters. The average Bonchev–Trinajstić information content (AvgIpc) is 3.31. The zero-order valence-electron chi connectivity index (χ0n) is 42.0. The molecule has 4 aliphatic rings. The summed E-state index contributed by atoms with van der Waals surface area (Å²) >= 11 is 0. The number of rotatable bonds is 15. The van der Waals surface area contributed by atoms with E-state index in [0.29, 0.717) is 76.9 Å². The Morgan fingerprint density at radius 3 is 2.28 bits per heavy atom. The van der Waals surface area contributed by atoms with Crippen LogP contribution in [-0.2, 0) is 57.1 Å². The third-order valence-corrected chi connectivity index (χ3v) is 14.2. The van der Waals surface area contributed by atoms with Crippen LogP contribution in [0.4, 0.5) is 0 Å². The molecule has 0 radical (unpaired) electrons. The van der Waals surface area contributed by atoms with E-state index in [4.69, 9.17) is 33.2 Å². The molecule has 3 heterocycles. The van der Waals surface area contributed by atoms with Crippen molar-refractivity contribution in [3.05, 3.63) is 35.5 Å². The largest absolute Gasteiger partial charge is 0.456 e. The van der Waals surface area contributed by atoms with Gasteiger partial charge in [-0.25, -0.2) is 4.79 Å². The van der Waals surface area contributed by atoms with Gasteiger partial charge in [-0.3, -0.25) is 19.2 Å². The minimum absolute atomic E-state index is 0.0549. The number of hydrogen-bond acceptors (Lipinski definition) is 15. The van der Waals surface area contributed by atoms with Crippen LogP contribution in [-0.4, -0.2) is 165 Å². The van der Waals surface area contributed by atoms with Gasteiger partial charge in [0.15, 0.2) is 0 Å².